The fraction of sp³-hybridized carbons (Fsp3) is 0.636. The number of anilines is 1. The van der Waals surface area contributed by atoms with Gasteiger partial charge < -0.3 is 10.1 Å². The second-order valence-electron chi connectivity index (χ2n) is 4.42. The van der Waals surface area contributed by atoms with Crippen LogP contribution < -0.4 is 5.32 Å². The number of nitrogens with one attached hydrogen (secondary N) is 1. The minimum absolute atomic E-state index is 0.158. The van der Waals surface area contributed by atoms with E-state index in [4.69, 9.17) is 4.74 Å². The topological polar surface area (TPSA) is 47.0 Å². The fourth-order valence-corrected chi connectivity index (χ4v) is 1.48. The highest BCUT2D eigenvalue weighted by Gasteiger charge is 2.18. The summed E-state index contributed by atoms with van der Waals surface area (Å²) in [6, 6.07) is 1.95. The Bertz CT molecular complexity index is 316. The molecule has 1 rings (SSSR count). The Labute approximate surface area is 91.1 Å². The van der Waals surface area contributed by atoms with Crippen molar-refractivity contribution in [1.82, 2.24) is 9.97 Å². The van der Waals surface area contributed by atoms with Crippen LogP contribution in [0.3, 0.4) is 0 Å². The molecule has 1 aromatic rings. The van der Waals surface area contributed by atoms with Crippen LogP contribution in [0.15, 0.2) is 6.07 Å². The lowest BCUT2D eigenvalue weighted by Gasteiger charge is -2.25. The summed E-state index contributed by atoms with van der Waals surface area (Å²) in [5.41, 5.74) is 1.78. The summed E-state index contributed by atoms with van der Waals surface area (Å²) in [5.74, 6) is 0.662. The molecule has 84 valence electrons. The Morgan fingerprint density at radius 2 is 1.80 bits per heavy atom. The molecule has 0 aliphatic rings. The van der Waals surface area contributed by atoms with Crippen LogP contribution in [0.2, 0.25) is 0 Å². The zero-order valence-corrected chi connectivity index (χ0v) is 10.1. The molecule has 0 amide bonds. The first-order chi connectivity index (χ1) is 6.93. The van der Waals surface area contributed by atoms with Crippen LogP contribution in [0.4, 0.5) is 5.95 Å². The quantitative estimate of drug-likeness (QED) is 0.823. The highest BCUT2D eigenvalue weighted by Crippen LogP contribution is 2.12. The SMILES string of the molecule is COCC(C)(C)Nc1nc(C)cc(C)n1. The minimum Gasteiger partial charge on any atom is -0.382 e. The van der Waals surface area contributed by atoms with Gasteiger partial charge in [-0.1, -0.05) is 0 Å². The van der Waals surface area contributed by atoms with Crippen molar-refractivity contribution < 1.29 is 4.74 Å². The molecule has 1 heterocycles. The molecular weight excluding hydrogens is 190 g/mol. The summed E-state index contributed by atoms with van der Waals surface area (Å²) in [6.07, 6.45) is 0. The smallest absolute Gasteiger partial charge is 0.223 e. The van der Waals surface area contributed by atoms with E-state index in [9.17, 15) is 0 Å². The van der Waals surface area contributed by atoms with Crippen molar-refractivity contribution in [3.8, 4) is 0 Å². The van der Waals surface area contributed by atoms with Crippen LogP contribution in [0, 0.1) is 13.8 Å². The average Bonchev–Trinajstić information content (AvgIpc) is 1.99. The molecule has 4 nitrogen and oxygen atoms in total. The maximum Gasteiger partial charge on any atom is 0.223 e. The first kappa shape index (κ1) is 11.9. The number of hydrogen-bond acceptors (Lipinski definition) is 4. The van der Waals surface area contributed by atoms with Gasteiger partial charge in [0.2, 0.25) is 5.95 Å². The third-order valence-corrected chi connectivity index (χ3v) is 1.94. The minimum atomic E-state index is -0.158. The van der Waals surface area contributed by atoms with Crippen LogP contribution >= 0.6 is 0 Å². The van der Waals surface area contributed by atoms with E-state index in [1.807, 2.05) is 19.9 Å². The molecule has 0 saturated carbocycles. The summed E-state index contributed by atoms with van der Waals surface area (Å²) < 4.78 is 5.12. The van der Waals surface area contributed by atoms with Crippen molar-refractivity contribution >= 4 is 5.95 Å². The lowest BCUT2D eigenvalue weighted by molar-refractivity contribution is 0.157. The van der Waals surface area contributed by atoms with Gasteiger partial charge in [0.1, 0.15) is 0 Å². The third kappa shape index (κ3) is 3.83. The van der Waals surface area contributed by atoms with Gasteiger partial charge in [0, 0.05) is 18.5 Å². The van der Waals surface area contributed by atoms with Gasteiger partial charge in [-0.15, -0.1) is 0 Å². The lowest BCUT2D eigenvalue weighted by Crippen LogP contribution is -2.36. The van der Waals surface area contributed by atoms with Crippen molar-refractivity contribution in [2.75, 3.05) is 19.0 Å². The van der Waals surface area contributed by atoms with Gasteiger partial charge in [0.25, 0.3) is 0 Å². The van der Waals surface area contributed by atoms with Gasteiger partial charge in [-0.3, -0.25) is 0 Å². The Kier molecular flexibility index (Phi) is 3.63. The molecule has 0 aromatic carbocycles. The average molecular weight is 209 g/mol. The molecule has 1 N–H and O–H groups in total. The van der Waals surface area contributed by atoms with Crippen LogP contribution in [0.1, 0.15) is 25.2 Å². The predicted molar refractivity (Wildman–Crippen MR) is 61.1 cm³/mol. The molecule has 0 aliphatic heterocycles. The van der Waals surface area contributed by atoms with Crippen molar-refractivity contribution in [1.29, 1.82) is 0 Å². The van der Waals surface area contributed by atoms with Crippen LogP contribution in [-0.2, 0) is 4.74 Å². The second kappa shape index (κ2) is 4.57. The molecule has 0 fully saturated rings. The number of aryl methyl sites for hydroxylation is 2. The maximum absolute atomic E-state index is 5.12. The molecular formula is C11H19N3O. The molecule has 0 spiro atoms. The molecule has 0 saturated heterocycles. The molecule has 0 atom stereocenters. The number of aromatic nitrogens is 2. The summed E-state index contributed by atoms with van der Waals surface area (Å²) >= 11 is 0. The molecule has 4 heteroatoms. The Hall–Kier alpha value is -1.16. The number of nitrogens with zero attached hydrogens (tertiary/aromatic N) is 2. The summed E-state index contributed by atoms with van der Waals surface area (Å²) in [5, 5.41) is 3.25. The largest absolute Gasteiger partial charge is 0.382 e. The van der Waals surface area contributed by atoms with E-state index in [2.05, 4.69) is 29.1 Å². The van der Waals surface area contributed by atoms with Crippen LogP contribution in [0.25, 0.3) is 0 Å². The first-order valence-electron chi connectivity index (χ1n) is 5.02. The van der Waals surface area contributed by atoms with E-state index in [1.54, 1.807) is 7.11 Å². The second-order valence-corrected chi connectivity index (χ2v) is 4.42. The molecule has 0 bridgehead atoms. The van der Waals surface area contributed by atoms with E-state index >= 15 is 0 Å². The zero-order chi connectivity index (χ0) is 11.5. The molecule has 15 heavy (non-hydrogen) atoms. The van der Waals surface area contributed by atoms with E-state index in [0.717, 1.165) is 11.4 Å². The predicted octanol–water partition coefficient (Wildman–Crippen LogP) is 1.93. The fourth-order valence-electron chi connectivity index (χ4n) is 1.48. The Balaban J connectivity index is 2.80. The van der Waals surface area contributed by atoms with Gasteiger partial charge in [0.05, 0.1) is 12.1 Å². The van der Waals surface area contributed by atoms with Crippen molar-refractivity contribution in [3.63, 3.8) is 0 Å². The lowest BCUT2D eigenvalue weighted by atomic mass is 10.1. The van der Waals surface area contributed by atoms with E-state index < -0.39 is 0 Å². The standard InChI is InChI=1S/C11H19N3O/c1-8-6-9(2)13-10(12-8)14-11(3,4)7-15-5/h6H,7H2,1-5H3,(H,12,13,14). The Morgan fingerprint density at radius 1 is 1.27 bits per heavy atom. The van der Waals surface area contributed by atoms with Gasteiger partial charge in [-0.05, 0) is 33.8 Å². The molecule has 0 radical (unpaired) electrons. The number of methoxy groups -OCH3 is 1. The monoisotopic (exact) mass is 209 g/mol. The van der Waals surface area contributed by atoms with Crippen LogP contribution in [-0.4, -0.2) is 29.2 Å². The summed E-state index contributed by atoms with van der Waals surface area (Å²) in [6.45, 7) is 8.64. The first-order valence-corrected chi connectivity index (χ1v) is 5.02. The molecule has 0 aliphatic carbocycles. The van der Waals surface area contributed by atoms with Gasteiger partial charge in [-0.25, -0.2) is 9.97 Å². The zero-order valence-electron chi connectivity index (χ0n) is 10.1. The van der Waals surface area contributed by atoms with Gasteiger partial charge in [-0.2, -0.15) is 0 Å². The van der Waals surface area contributed by atoms with Crippen molar-refractivity contribution in [2.24, 2.45) is 0 Å². The highest BCUT2D eigenvalue weighted by molar-refractivity contribution is 5.30. The highest BCUT2D eigenvalue weighted by atomic mass is 16.5. The number of ether oxygens (including phenoxy) is 1. The van der Waals surface area contributed by atoms with Crippen LogP contribution in [0.5, 0.6) is 0 Å². The third-order valence-electron chi connectivity index (χ3n) is 1.94. The summed E-state index contributed by atoms with van der Waals surface area (Å²) in [4.78, 5) is 8.65. The van der Waals surface area contributed by atoms with E-state index in [1.165, 1.54) is 0 Å². The Morgan fingerprint density at radius 3 is 2.27 bits per heavy atom. The van der Waals surface area contributed by atoms with Gasteiger partial charge in [0.15, 0.2) is 0 Å². The number of hydrogen-bond donors (Lipinski definition) is 1. The molecule has 1 aromatic heterocycles. The maximum atomic E-state index is 5.12. The number of rotatable bonds is 4. The molecule has 0 unspecified atom stereocenters. The normalized spacial score (nSPS) is 11.5. The van der Waals surface area contributed by atoms with Crippen molar-refractivity contribution in [2.45, 2.75) is 33.2 Å². The van der Waals surface area contributed by atoms with Gasteiger partial charge >= 0.3 is 0 Å². The summed E-state index contributed by atoms with van der Waals surface area (Å²) in [7, 11) is 1.69. The van der Waals surface area contributed by atoms with Crippen molar-refractivity contribution in [3.05, 3.63) is 17.5 Å². The van der Waals surface area contributed by atoms with E-state index in [0.29, 0.717) is 12.6 Å². The van der Waals surface area contributed by atoms with E-state index in [-0.39, 0.29) is 5.54 Å².